The van der Waals surface area contributed by atoms with Gasteiger partial charge in [0.1, 0.15) is 16.2 Å². The molecule has 0 aliphatic heterocycles. The van der Waals surface area contributed by atoms with Crippen molar-refractivity contribution >= 4 is 33.3 Å². The van der Waals surface area contributed by atoms with Crippen LogP contribution in [0, 0.1) is 6.92 Å². The molecule has 0 amide bonds. The average Bonchev–Trinajstić information content (AvgIpc) is 2.93. The summed E-state index contributed by atoms with van der Waals surface area (Å²) in [6.45, 7) is 3.90. The number of alkyl halides is 1. The van der Waals surface area contributed by atoms with Crippen molar-refractivity contribution in [3.05, 3.63) is 41.0 Å². The van der Waals surface area contributed by atoms with Crippen molar-refractivity contribution in [2.75, 3.05) is 12.4 Å². The first-order chi connectivity index (χ1) is 10.7. The van der Waals surface area contributed by atoms with Gasteiger partial charge in [-0.25, -0.2) is 9.97 Å². The number of aromatic nitrogens is 2. The van der Waals surface area contributed by atoms with E-state index in [-0.39, 0.29) is 6.67 Å². The van der Waals surface area contributed by atoms with Crippen molar-refractivity contribution in [1.29, 1.82) is 0 Å². The quantitative estimate of drug-likeness (QED) is 0.469. The van der Waals surface area contributed by atoms with Crippen molar-refractivity contribution < 1.29 is 4.39 Å². The molecule has 114 valence electrons. The zero-order valence-corrected chi connectivity index (χ0v) is 14.2. The molecule has 0 radical (unpaired) electrons. The number of nitrogens with zero attached hydrogens (tertiary/aromatic N) is 2. The minimum atomic E-state index is -0.346. The molecule has 2 nitrogen and oxygen atoms in total. The van der Waals surface area contributed by atoms with Gasteiger partial charge < -0.3 is 0 Å². The van der Waals surface area contributed by atoms with Gasteiger partial charge in [-0.15, -0.1) is 23.1 Å². The first-order valence-corrected chi connectivity index (χ1v) is 9.07. The molecular weight excluding hydrogens is 315 g/mol. The second kappa shape index (κ2) is 6.75. The predicted molar refractivity (Wildman–Crippen MR) is 93.7 cm³/mol. The molecule has 0 unspecified atom stereocenters. The molecule has 0 saturated heterocycles. The Kier molecular flexibility index (Phi) is 4.74. The smallest absolute Gasteiger partial charge is 0.128 e. The molecule has 3 rings (SSSR count). The molecule has 1 aromatic carbocycles. The fraction of sp³-hybridized carbons (Fsp3) is 0.294. The van der Waals surface area contributed by atoms with Crippen LogP contribution in [0.2, 0.25) is 0 Å². The fourth-order valence-electron chi connectivity index (χ4n) is 2.47. The highest BCUT2D eigenvalue weighted by molar-refractivity contribution is 7.99. The van der Waals surface area contributed by atoms with Crippen molar-refractivity contribution in [3.8, 4) is 11.1 Å². The Labute approximate surface area is 137 Å². The van der Waals surface area contributed by atoms with Crippen LogP contribution < -0.4 is 0 Å². The molecule has 2 heterocycles. The van der Waals surface area contributed by atoms with E-state index in [0.717, 1.165) is 21.7 Å². The van der Waals surface area contributed by atoms with Crippen LogP contribution in [-0.4, -0.2) is 22.4 Å². The Hall–Kier alpha value is -1.46. The van der Waals surface area contributed by atoms with E-state index in [9.17, 15) is 4.39 Å². The van der Waals surface area contributed by atoms with Crippen molar-refractivity contribution in [2.24, 2.45) is 0 Å². The normalized spacial score (nSPS) is 11.2. The molecule has 3 aromatic rings. The third kappa shape index (κ3) is 2.88. The first-order valence-electron chi connectivity index (χ1n) is 7.26. The summed E-state index contributed by atoms with van der Waals surface area (Å²) in [4.78, 5) is 11.1. The van der Waals surface area contributed by atoms with Crippen LogP contribution in [0.4, 0.5) is 4.39 Å². The van der Waals surface area contributed by atoms with Crippen LogP contribution in [0.25, 0.3) is 21.3 Å². The highest BCUT2D eigenvalue weighted by Crippen LogP contribution is 2.41. The topological polar surface area (TPSA) is 25.8 Å². The summed E-state index contributed by atoms with van der Waals surface area (Å²) in [6.07, 6.45) is 2.54. The summed E-state index contributed by atoms with van der Waals surface area (Å²) < 4.78 is 12.6. The standard InChI is InChI=1S/C17H17FN2S2/c1-3-13-14(12-6-4-11(2)5-7-12)15-16(21-9-8-18)19-10-20-17(15)22-13/h4-7,10H,3,8-9H2,1-2H3. The Morgan fingerprint density at radius 2 is 1.95 bits per heavy atom. The maximum Gasteiger partial charge on any atom is 0.128 e. The molecule has 0 atom stereocenters. The van der Waals surface area contributed by atoms with Gasteiger partial charge in [-0.1, -0.05) is 36.8 Å². The van der Waals surface area contributed by atoms with Crippen LogP contribution in [0.3, 0.4) is 0 Å². The van der Waals surface area contributed by atoms with E-state index in [2.05, 4.69) is 48.1 Å². The van der Waals surface area contributed by atoms with Crippen molar-refractivity contribution in [2.45, 2.75) is 25.3 Å². The highest BCUT2D eigenvalue weighted by Gasteiger charge is 2.18. The maximum atomic E-state index is 12.6. The molecular formula is C17H17FN2S2. The molecule has 0 aliphatic rings. The van der Waals surface area contributed by atoms with Gasteiger partial charge in [0.05, 0.1) is 12.1 Å². The zero-order valence-electron chi connectivity index (χ0n) is 12.6. The summed E-state index contributed by atoms with van der Waals surface area (Å²) in [6, 6.07) is 8.53. The van der Waals surface area contributed by atoms with Crippen molar-refractivity contribution in [3.63, 3.8) is 0 Å². The number of hydrogen-bond acceptors (Lipinski definition) is 4. The van der Waals surface area contributed by atoms with E-state index in [1.807, 2.05) is 0 Å². The fourth-order valence-corrected chi connectivity index (χ4v) is 4.37. The summed E-state index contributed by atoms with van der Waals surface area (Å²) in [5.74, 6) is 0.427. The molecule has 0 bridgehead atoms. The van der Waals surface area contributed by atoms with E-state index in [0.29, 0.717) is 5.75 Å². The molecule has 22 heavy (non-hydrogen) atoms. The maximum absolute atomic E-state index is 12.6. The second-order valence-electron chi connectivity index (χ2n) is 5.02. The first kappa shape index (κ1) is 15.4. The summed E-state index contributed by atoms with van der Waals surface area (Å²) in [5, 5.41) is 1.96. The molecule has 0 aliphatic carbocycles. The number of aryl methyl sites for hydroxylation is 2. The van der Waals surface area contributed by atoms with Crippen LogP contribution in [-0.2, 0) is 6.42 Å². The number of thioether (sulfide) groups is 1. The van der Waals surface area contributed by atoms with Gasteiger partial charge in [0.15, 0.2) is 0 Å². The summed E-state index contributed by atoms with van der Waals surface area (Å²) >= 11 is 3.18. The highest BCUT2D eigenvalue weighted by atomic mass is 32.2. The molecule has 2 aromatic heterocycles. The van der Waals surface area contributed by atoms with Crippen LogP contribution in [0.5, 0.6) is 0 Å². The SMILES string of the molecule is CCc1sc2ncnc(SCCF)c2c1-c1ccc(C)cc1. The predicted octanol–water partition coefficient (Wildman–Crippen LogP) is 5.29. The minimum absolute atomic E-state index is 0.346. The van der Waals surface area contributed by atoms with Crippen molar-refractivity contribution in [1.82, 2.24) is 9.97 Å². The van der Waals surface area contributed by atoms with E-state index in [1.165, 1.54) is 33.3 Å². The Morgan fingerprint density at radius 3 is 2.64 bits per heavy atom. The van der Waals surface area contributed by atoms with Gasteiger partial charge in [0.2, 0.25) is 0 Å². The Morgan fingerprint density at radius 1 is 1.18 bits per heavy atom. The number of halogens is 1. The largest absolute Gasteiger partial charge is 0.250 e. The molecule has 0 fully saturated rings. The van der Waals surface area contributed by atoms with Gasteiger partial charge in [0, 0.05) is 16.2 Å². The lowest BCUT2D eigenvalue weighted by Crippen LogP contribution is -1.89. The lowest BCUT2D eigenvalue weighted by molar-refractivity contribution is 0.532. The zero-order chi connectivity index (χ0) is 15.5. The number of thiophene rings is 1. The number of rotatable bonds is 5. The van der Waals surface area contributed by atoms with E-state index in [4.69, 9.17) is 0 Å². The number of hydrogen-bond donors (Lipinski definition) is 0. The average molecular weight is 332 g/mol. The van der Waals surface area contributed by atoms with Gasteiger partial charge in [-0.3, -0.25) is 4.39 Å². The van der Waals surface area contributed by atoms with Gasteiger partial charge in [-0.2, -0.15) is 0 Å². The number of fused-ring (bicyclic) bond motifs is 1. The van der Waals surface area contributed by atoms with E-state index >= 15 is 0 Å². The lowest BCUT2D eigenvalue weighted by atomic mass is 10.0. The van der Waals surface area contributed by atoms with Crippen LogP contribution >= 0.6 is 23.1 Å². The lowest BCUT2D eigenvalue weighted by Gasteiger charge is -2.07. The Balaban J connectivity index is 2.23. The van der Waals surface area contributed by atoms with Crippen LogP contribution in [0.15, 0.2) is 35.6 Å². The van der Waals surface area contributed by atoms with Gasteiger partial charge in [-0.05, 0) is 18.9 Å². The second-order valence-corrected chi connectivity index (χ2v) is 7.18. The number of benzene rings is 1. The molecule has 0 spiro atoms. The monoisotopic (exact) mass is 332 g/mol. The molecule has 0 N–H and O–H groups in total. The summed E-state index contributed by atoms with van der Waals surface area (Å²) in [5.41, 5.74) is 3.64. The summed E-state index contributed by atoms with van der Waals surface area (Å²) in [7, 11) is 0. The third-order valence-electron chi connectivity index (χ3n) is 3.50. The van der Waals surface area contributed by atoms with E-state index in [1.54, 1.807) is 17.7 Å². The minimum Gasteiger partial charge on any atom is -0.250 e. The van der Waals surface area contributed by atoms with Gasteiger partial charge >= 0.3 is 0 Å². The van der Waals surface area contributed by atoms with Gasteiger partial charge in [0.25, 0.3) is 0 Å². The van der Waals surface area contributed by atoms with E-state index < -0.39 is 0 Å². The Bertz CT molecular complexity index is 781. The molecule has 0 saturated carbocycles. The molecule has 5 heteroatoms. The third-order valence-corrected chi connectivity index (χ3v) is 5.69. The van der Waals surface area contributed by atoms with Crippen LogP contribution in [0.1, 0.15) is 17.4 Å².